The van der Waals surface area contributed by atoms with Crippen LogP contribution in [0.4, 0.5) is 5.82 Å². The molecular weight excluding hydrogens is 357 g/mol. The monoisotopic (exact) mass is 371 g/mol. The van der Waals surface area contributed by atoms with Crippen molar-refractivity contribution in [3.05, 3.63) is 55.6 Å². The van der Waals surface area contributed by atoms with E-state index >= 15 is 0 Å². The van der Waals surface area contributed by atoms with Gasteiger partial charge in [-0.25, -0.2) is 4.98 Å². The molecule has 0 spiro atoms. The topological polar surface area (TPSA) is 67.0 Å². The number of halogens is 1. The molecule has 1 heterocycles. The molecule has 2 rings (SSSR count). The van der Waals surface area contributed by atoms with E-state index in [2.05, 4.69) is 15.3 Å². The number of aromatic nitrogens is 2. The Labute approximate surface area is 124 Å². The second-order valence-corrected chi connectivity index (χ2v) is 5.03. The molecular formula is C13H14IN3O2. The Bertz CT molecular complexity index is 613. The molecule has 0 aliphatic carbocycles. The Balaban J connectivity index is 2.14. The highest BCUT2D eigenvalue weighted by atomic mass is 127. The largest absolute Gasteiger partial charge is 0.380 e. The van der Waals surface area contributed by atoms with Gasteiger partial charge in [-0.05, 0) is 33.7 Å². The molecule has 0 saturated heterocycles. The summed E-state index contributed by atoms with van der Waals surface area (Å²) in [4.78, 5) is 18.1. The van der Waals surface area contributed by atoms with Crippen LogP contribution >= 0.6 is 22.6 Å². The van der Waals surface area contributed by atoms with Gasteiger partial charge in [-0.3, -0.25) is 4.79 Å². The lowest BCUT2D eigenvalue weighted by atomic mass is 10.1. The average molecular weight is 371 g/mol. The van der Waals surface area contributed by atoms with Crippen LogP contribution in [0.15, 0.2) is 35.4 Å². The van der Waals surface area contributed by atoms with Crippen LogP contribution in [0.5, 0.6) is 0 Å². The first-order valence-corrected chi connectivity index (χ1v) is 6.83. The van der Waals surface area contributed by atoms with E-state index in [1.807, 2.05) is 46.9 Å². The highest BCUT2D eigenvalue weighted by Crippen LogP contribution is 2.14. The summed E-state index contributed by atoms with van der Waals surface area (Å²) >= 11 is 1.98. The van der Waals surface area contributed by atoms with Gasteiger partial charge in [0.15, 0.2) is 0 Å². The van der Waals surface area contributed by atoms with Gasteiger partial charge in [0.2, 0.25) is 0 Å². The van der Waals surface area contributed by atoms with Crippen molar-refractivity contribution in [3.63, 3.8) is 0 Å². The molecule has 1 aromatic carbocycles. The number of benzene rings is 1. The van der Waals surface area contributed by atoms with E-state index in [1.165, 1.54) is 6.33 Å². The van der Waals surface area contributed by atoms with Crippen molar-refractivity contribution in [1.82, 2.24) is 9.97 Å². The molecule has 0 radical (unpaired) electrons. The van der Waals surface area contributed by atoms with E-state index < -0.39 is 0 Å². The van der Waals surface area contributed by atoms with Crippen LogP contribution in [0, 0.1) is 3.57 Å². The number of H-pyrrole nitrogens is 1. The lowest BCUT2D eigenvalue weighted by molar-refractivity contribution is 0.184. The number of methoxy groups -OCH3 is 1. The van der Waals surface area contributed by atoms with Gasteiger partial charge in [-0.2, -0.15) is 0 Å². The summed E-state index contributed by atoms with van der Waals surface area (Å²) in [6, 6.07) is 8.01. The number of hydrogen-bond acceptors (Lipinski definition) is 4. The maximum atomic E-state index is 11.5. The first-order chi connectivity index (χ1) is 9.22. The molecule has 19 heavy (non-hydrogen) atoms. The SMILES string of the molecule is COCc1ccccc1CNc1nc[nH]c(=O)c1I. The predicted molar refractivity (Wildman–Crippen MR) is 82.1 cm³/mol. The van der Waals surface area contributed by atoms with Crippen molar-refractivity contribution < 1.29 is 4.74 Å². The summed E-state index contributed by atoms with van der Waals surface area (Å²) in [6.45, 7) is 1.17. The number of nitrogens with one attached hydrogen (secondary N) is 2. The van der Waals surface area contributed by atoms with Crippen molar-refractivity contribution in [3.8, 4) is 0 Å². The molecule has 0 bridgehead atoms. The Morgan fingerprint density at radius 2 is 2.11 bits per heavy atom. The van der Waals surface area contributed by atoms with Crippen LogP contribution in [-0.2, 0) is 17.9 Å². The minimum atomic E-state index is -0.136. The molecule has 0 aliphatic heterocycles. The summed E-state index contributed by atoms with van der Waals surface area (Å²) in [5, 5.41) is 3.17. The number of rotatable bonds is 5. The van der Waals surface area contributed by atoms with Gasteiger partial charge in [0.25, 0.3) is 5.56 Å². The quantitative estimate of drug-likeness (QED) is 0.791. The van der Waals surface area contributed by atoms with E-state index in [-0.39, 0.29) is 5.56 Å². The maximum Gasteiger partial charge on any atom is 0.266 e. The van der Waals surface area contributed by atoms with Crippen LogP contribution in [0.1, 0.15) is 11.1 Å². The van der Waals surface area contributed by atoms with Crippen molar-refractivity contribution in [2.24, 2.45) is 0 Å². The molecule has 0 aliphatic rings. The van der Waals surface area contributed by atoms with Crippen LogP contribution in [-0.4, -0.2) is 17.1 Å². The van der Waals surface area contributed by atoms with Gasteiger partial charge in [0, 0.05) is 13.7 Å². The standard InChI is InChI=1S/C13H14IN3O2/c1-19-7-10-5-3-2-4-9(10)6-15-12-11(14)13(18)17-8-16-12/h2-5,8H,6-7H2,1H3,(H2,15,16,17,18). The van der Waals surface area contributed by atoms with Crippen LogP contribution in [0.3, 0.4) is 0 Å². The highest BCUT2D eigenvalue weighted by molar-refractivity contribution is 14.1. The fourth-order valence-electron chi connectivity index (χ4n) is 1.71. The molecule has 1 aromatic heterocycles. The van der Waals surface area contributed by atoms with E-state index in [0.717, 1.165) is 11.1 Å². The Morgan fingerprint density at radius 3 is 2.84 bits per heavy atom. The third kappa shape index (κ3) is 3.54. The molecule has 2 N–H and O–H groups in total. The lowest BCUT2D eigenvalue weighted by Gasteiger charge is -2.10. The lowest BCUT2D eigenvalue weighted by Crippen LogP contribution is -2.15. The molecule has 0 fully saturated rings. The number of anilines is 1. The van der Waals surface area contributed by atoms with Gasteiger partial charge >= 0.3 is 0 Å². The van der Waals surface area contributed by atoms with E-state index in [9.17, 15) is 4.79 Å². The van der Waals surface area contributed by atoms with Gasteiger partial charge < -0.3 is 15.0 Å². The zero-order valence-electron chi connectivity index (χ0n) is 10.4. The fourth-order valence-corrected chi connectivity index (χ4v) is 2.20. The first-order valence-electron chi connectivity index (χ1n) is 5.75. The van der Waals surface area contributed by atoms with Crippen molar-refractivity contribution >= 4 is 28.4 Å². The van der Waals surface area contributed by atoms with Gasteiger partial charge in [-0.15, -0.1) is 0 Å². The normalized spacial score (nSPS) is 10.4. The van der Waals surface area contributed by atoms with E-state index in [1.54, 1.807) is 7.11 Å². The second kappa shape index (κ2) is 6.67. The molecule has 5 nitrogen and oxygen atoms in total. The molecule has 100 valence electrons. The third-order valence-corrected chi connectivity index (χ3v) is 3.66. The Kier molecular flexibility index (Phi) is 4.92. The van der Waals surface area contributed by atoms with Crippen LogP contribution in [0.25, 0.3) is 0 Å². The van der Waals surface area contributed by atoms with E-state index in [0.29, 0.717) is 22.5 Å². The minimum Gasteiger partial charge on any atom is -0.380 e. The number of nitrogens with zero attached hydrogens (tertiary/aromatic N) is 1. The summed E-state index contributed by atoms with van der Waals surface area (Å²) in [7, 11) is 1.67. The Hall–Kier alpha value is -1.41. The summed E-state index contributed by atoms with van der Waals surface area (Å²) < 4.78 is 5.72. The van der Waals surface area contributed by atoms with Crippen LogP contribution in [0.2, 0.25) is 0 Å². The molecule has 0 unspecified atom stereocenters. The zero-order chi connectivity index (χ0) is 13.7. The minimum absolute atomic E-state index is 0.136. The maximum absolute atomic E-state index is 11.5. The number of aromatic amines is 1. The van der Waals surface area contributed by atoms with Crippen molar-refractivity contribution in [2.75, 3.05) is 12.4 Å². The zero-order valence-corrected chi connectivity index (χ0v) is 12.6. The summed E-state index contributed by atoms with van der Waals surface area (Å²) in [6.07, 6.45) is 1.40. The molecule has 0 atom stereocenters. The van der Waals surface area contributed by atoms with Crippen LogP contribution < -0.4 is 10.9 Å². The smallest absolute Gasteiger partial charge is 0.266 e. The summed E-state index contributed by atoms with van der Waals surface area (Å²) in [5.41, 5.74) is 2.11. The Morgan fingerprint density at radius 1 is 1.37 bits per heavy atom. The highest BCUT2D eigenvalue weighted by Gasteiger charge is 2.06. The summed E-state index contributed by atoms with van der Waals surface area (Å²) in [5.74, 6) is 0.594. The van der Waals surface area contributed by atoms with Crippen molar-refractivity contribution in [2.45, 2.75) is 13.2 Å². The predicted octanol–water partition coefficient (Wildman–Crippen LogP) is 2.13. The number of hydrogen-bond donors (Lipinski definition) is 2. The van der Waals surface area contributed by atoms with Gasteiger partial charge in [0.1, 0.15) is 9.39 Å². The first kappa shape index (κ1) is 14.0. The van der Waals surface area contributed by atoms with Gasteiger partial charge in [-0.1, -0.05) is 24.3 Å². The number of ether oxygens (including phenoxy) is 1. The molecule has 6 heteroatoms. The van der Waals surface area contributed by atoms with E-state index in [4.69, 9.17) is 4.74 Å². The third-order valence-electron chi connectivity index (χ3n) is 2.66. The molecule has 2 aromatic rings. The van der Waals surface area contributed by atoms with Gasteiger partial charge in [0.05, 0.1) is 12.9 Å². The second-order valence-electron chi connectivity index (χ2n) is 3.95. The molecule has 0 amide bonds. The average Bonchev–Trinajstić information content (AvgIpc) is 2.42. The fraction of sp³-hybridized carbons (Fsp3) is 0.231. The van der Waals surface area contributed by atoms with Crippen molar-refractivity contribution in [1.29, 1.82) is 0 Å². The molecule has 0 saturated carbocycles.